The van der Waals surface area contributed by atoms with E-state index in [0.717, 1.165) is 25.8 Å². The summed E-state index contributed by atoms with van der Waals surface area (Å²) < 4.78 is 6.99. The summed E-state index contributed by atoms with van der Waals surface area (Å²) in [6.45, 7) is 3.92. The Morgan fingerprint density at radius 3 is 2.91 bits per heavy atom. The first-order valence-corrected chi connectivity index (χ1v) is 11.5. The number of likely N-dealkylation sites (tertiary alicyclic amines) is 1. The van der Waals surface area contributed by atoms with Gasteiger partial charge in [-0.2, -0.15) is 5.26 Å². The fraction of sp³-hybridized carbons (Fsp3) is 0.400. The predicted octanol–water partition coefficient (Wildman–Crippen LogP) is 3.61. The number of nitrogens with zero attached hydrogens (tertiary/aromatic N) is 5. The molecule has 9 heteroatoms. The molecule has 3 aromatic rings. The minimum absolute atomic E-state index is 0.0356. The van der Waals surface area contributed by atoms with Crippen molar-refractivity contribution in [2.24, 2.45) is 0 Å². The van der Waals surface area contributed by atoms with Gasteiger partial charge in [-0.15, -0.1) is 0 Å². The number of nitrogens with one attached hydrogen (secondary N) is 1. The number of methoxy groups -OCH3 is 1. The van der Waals surface area contributed by atoms with Crippen LogP contribution >= 0.6 is 0 Å². The van der Waals surface area contributed by atoms with Crippen molar-refractivity contribution in [2.75, 3.05) is 25.6 Å². The average Bonchev–Trinajstić information content (AvgIpc) is 3.48. The number of aryl methyl sites for hydroxylation is 1. The van der Waals surface area contributed by atoms with Gasteiger partial charge in [-0.1, -0.05) is 13.0 Å². The normalized spacial score (nSPS) is 15.4. The summed E-state index contributed by atoms with van der Waals surface area (Å²) in [6, 6.07) is 10.5. The average molecular weight is 461 g/mol. The van der Waals surface area contributed by atoms with Gasteiger partial charge >= 0.3 is 0 Å². The Labute approximate surface area is 198 Å². The summed E-state index contributed by atoms with van der Waals surface area (Å²) in [6.07, 6.45) is 5.25. The number of rotatable bonds is 8. The van der Waals surface area contributed by atoms with Crippen molar-refractivity contribution in [2.45, 2.75) is 45.2 Å². The van der Waals surface area contributed by atoms with Crippen LogP contribution in [-0.2, 0) is 11.3 Å². The number of amides is 2. The summed E-state index contributed by atoms with van der Waals surface area (Å²) in [4.78, 5) is 37.1. The van der Waals surface area contributed by atoms with Gasteiger partial charge in [0.15, 0.2) is 5.65 Å². The maximum atomic E-state index is 13.1. The molecule has 0 bridgehead atoms. The van der Waals surface area contributed by atoms with Gasteiger partial charge in [0.05, 0.1) is 17.2 Å². The van der Waals surface area contributed by atoms with Crippen LogP contribution in [0.25, 0.3) is 11.2 Å². The lowest BCUT2D eigenvalue weighted by Gasteiger charge is -2.23. The first kappa shape index (κ1) is 23.4. The molecule has 176 valence electrons. The first-order valence-electron chi connectivity index (χ1n) is 11.5. The molecule has 0 aliphatic carbocycles. The monoisotopic (exact) mass is 460 g/mol. The van der Waals surface area contributed by atoms with Gasteiger partial charge < -0.3 is 9.64 Å². The van der Waals surface area contributed by atoms with Crippen LogP contribution < -0.4 is 5.32 Å². The zero-order chi connectivity index (χ0) is 24.1. The van der Waals surface area contributed by atoms with E-state index in [9.17, 15) is 9.59 Å². The minimum Gasteiger partial charge on any atom is -0.385 e. The van der Waals surface area contributed by atoms with E-state index in [2.05, 4.69) is 22.2 Å². The van der Waals surface area contributed by atoms with Crippen LogP contribution in [0.15, 0.2) is 36.5 Å². The van der Waals surface area contributed by atoms with E-state index in [1.807, 2.05) is 15.5 Å². The molecule has 1 aliphatic heterocycles. The van der Waals surface area contributed by atoms with Crippen molar-refractivity contribution in [3.63, 3.8) is 0 Å². The molecule has 34 heavy (non-hydrogen) atoms. The molecule has 1 saturated heterocycles. The molecule has 3 heterocycles. The van der Waals surface area contributed by atoms with E-state index in [0.29, 0.717) is 53.4 Å². The van der Waals surface area contributed by atoms with Crippen LogP contribution in [0.2, 0.25) is 0 Å². The lowest BCUT2D eigenvalue weighted by Crippen LogP contribution is -2.35. The number of pyridine rings is 1. The highest BCUT2D eigenvalue weighted by molar-refractivity contribution is 6.04. The second-order valence-electron chi connectivity index (χ2n) is 8.35. The molecule has 1 aromatic carbocycles. The molecular weight excluding hydrogens is 432 g/mol. The maximum Gasteiger partial charge on any atom is 0.258 e. The van der Waals surface area contributed by atoms with Gasteiger partial charge in [-0.05, 0) is 49.9 Å². The number of fused-ring (bicyclic) bond motifs is 1. The molecule has 1 N–H and O–H groups in total. The van der Waals surface area contributed by atoms with Gasteiger partial charge in [-0.3, -0.25) is 19.5 Å². The van der Waals surface area contributed by atoms with Gasteiger partial charge in [0.25, 0.3) is 11.8 Å². The highest BCUT2D eigenvalue weighted by Crippen LogP contribution is 2.25. The van der Waals surface area contributed by atoms with E-state index < -0.39 is 0 Å². The largest absolute Gasteiger partial charge is 0.385 e. The zero-order valence-electron chi connectivity index (χ0n) is 19.5. The van der Waals surface area contributed by atoms with E-state index in [1.165, 1.54) is 6.07 Å². The van der Waals surface area contributed by atoms with Crippen LogP contribution in [0, 0.1) is 11.3 Å². The Morgan fingerprint density at radius 2 is 2.15 bits per heavy atom. The number of carbonyl (C=O) groups is 2. The Balaban J connectivity index is 1.65. The number of hydrogen-bond acceptors (Lipinski definition) is 6. The van der Waals surface area contributed by atoms with Gasteiger partial charge in [0, 0.05) is 44.6 Å². The molecule has 1 atom stereocenters. The third-order valence-electron chi connectivity index (χ3n) is 6.15. The number of carbonyl (C=O) groups excluding carboxylic acids is 2. The van der Waals surface area contributed by atoms with E-state index in [1.54, 1.807) is 37.6 Å². The minimum atomic E-state index is -0.375. The van der Waals surface area contributed by atoms with Crippen molar-refractivity contribution >= 4 is 28.9 Å². The number of hydrogen-bond donors (Lipinski definition) is 1. The Morgan fingerprint density at radius 1 is 1.29 bits per heavy atom. The van der Waals surface area contributed by atoms with Gasteiger partial charge in [0.2, 0.25) is 5.95 Å². The third kappa shape index (κ3) is 4.77. The van der Waals surface area contributed by atoms with Gasteiger partial charge in [-0.25, -0.2) is 9.97 Å². The molecule has 0 saturated carbocycles. The standard InChI is InChI=1S/C25H28N6O3/c1-3-20-9-5-10-30(20)24(33)19-14-21-22(27-16-19)31(11-6-12-34-2)25(28-21)29-23(32)18-8-4-7-17(13-18)15-26/h4,7-8,13-14,16,20H,3,5-6,9-12H2,1-2H3,(H,28,29,32)/t20-/m0/s1. The quantitative estimate of drug-likeness (QED) is 0.514. The Bertz CT molecular complexity index is 1250. The van der Waals surface area contributed by atoms with E-state index >= 15 is 0 Å². The maximum absolute atomic E-state index is 13.1. The lowest BCUT2D eigenvalue weighted by atomic mass is 10.1. The zero-order valence-corrected chi connectivity index (χ0v) is 19.5. The van der Waals surface area contributed by atoms with Crippen molar-refractivity contribution in [1.29, 1.82) is 5.26 Å². The van der Waals surface area contributed by atoms with E-state index in [-0.39, 0.29) is 17.9 Å². The van der Waals surface area contributed by atoms with E-state index in [4.69, 9.17) is 10.00 Å². The second kappa shape index (κ2) is 10.4. The summed E-state index contributed by atoms with van der Waals surface area (Å²) in [5, 5.41) is 12.0. The number of benzene rings is 1. The van der Waals surface area contributed by atoms with Crippen LogP contribution in [0.4, 0.5) is 5.95 Å². The highest BCUT2D eigenvalue weighted by atomic mass is 16.5. The van der Waals surface area contributed by atoms with Crippen LogP contribution in [0.3, 0.4) is 0 Å². The second-order valence-corrected chi connectivity index (χ2v) is 8.35. The molecule has 9 nitrogen and oxygen atoms in total. The smallest absolute Gasteiger partial charge is 0.258 e. The Hall–Kier alpha value is -3.77. The molecule has 2 aromatic heterocycles. The molecule has 0 spiro atoms. The van der Waals surface area contributed by atoms with Crippen molar-refractivity contribution in [1.82, 2.24) is 19.4 Å². The van der Waals surface area contributed by atoms with Crippen molar-refractivity contribution in [3.8, 4) is 6.07 Å². The molecular formula is C25H28N6O3. The number of nitriles is 1. The SMILES string of the molecule is CC[C@H]1CCCN1C(=O)c1cnc2c(c1)nc(NC(=O)c1cccc(C#N)c1)n2CCCOC. The van der Waals surface area contributed by atoms with Crippen molar-refractivity contribution < 1.29 is 14.3 Å². The molecule has 0 unspecified atom stereocenters. The summed E-state index contributed by atoms with van der Waals surface area (Å²) in [5.41, 5.74) is 2.38. The van der Waals surface area contributed by atoms with Crippen LogP contribution in [0.1, 0.15) is 58.9 Å². The summed E-state index contributed by atoms with van der Waals surface area (Å²) in [7, 11) is 1.63. The number of aromatic nitrogens is 3. The van der Waals surface area contributed by atoms with Crippen molar-refractivity contribution in [3.05, 3.63) is 53.2 Å². The molecule has 2 amide bonds. The van der Waals surface area contributed by atoms with Crippen LogP contribution in [-0.4, -0.2) is 57.6 Å². The highest BCUT2D eigenvalue weighted by Gasteiger charge is 2.28. The molecule has 4 rings (SSSR count). The fourth-order valence-electron chi connectivity index (χ4n) is 4.40. The topological polar surface area (TPSA) is 113 Å². The van der Waals surface area contributed by atoms with Gasteiger partial charge in [0.1, 0.15) is 5.52 Å². The molecule has 0 radical (unpaired) electrons. The third-order valence-corrected chi connectivity index (χ3v) is 6.15. The number of ether oxygens (including phenoxy) is 1. The molecule has 1 aliphatic rings. The lowest BCUT2D eigenvalue weighted by molar-refractivity contribution is 0.0733. The first-order chi connectivity index (χ1) is 16.5. The predicted molar refractivity (Wildman–Crippen MR) is 127 cm³/mol. The van der Waals surface area contributed by atoms with Crippen LogP contribution in [0.5, 0.6) is 0 Å². The fourth-order valence-corrected chi connectivity index (χ4v) is 4.40. The summed E-state index contributed by atoms with van der Waals surface area (Å²) in [5.74, 6) is -0.0747. The number of imidazole rings is 1. The summed E-state index contributed by atoms with van der Waals surface area (Å²) >= 11 is 0. The molecule has 1 fully saturated rings. The Kier molecular flexibility index (Phi) is 7.18. The number of anilines is 1.